The minimum Gasteiger partial charge on any atom is -0.356 e. The van der Waals surface area contributed by atoms with Gasteiger partial charge in [-0.25, -0.2) is 0 Å². The number of alkyl halides is 3. The van der Waals surface area contributed by atoms with Crippen molar-refractivity contribution in [1.82, 2.24) is 4.57 Å². The van der Waals surface area contributed by atoms with E-state index in [1.54, 1.807) is 42.2 Å². The second kappa shape index (κ2) is 6.52. The molecule has 3 aromatic rings. The normalized spacial score (nSPS) is 11.6. The molecule has 1 heterocycles. The lowest BCUT2D eigenvalue weighted by Crippen LogP contribution is -2.12. The van der Waals surface area contributed by atoms with Crippen LogP contribution in [0.3, 0.4) is 0 Å². The largest absolute Gasteiger partial charge is 0.416 e. The summed E-state index contributed by atoms with van der Waals surface area (Å²) in [5.74, 6) is 0. The number of halogens is 4. The van der Waals surface area contributed by atoms with Crippen molar-refractivity contribution in [2.75, 3.05) is 0 Å². The summed E-state index contributed by atoms with van der Waals surface area (Å²) in [7, 11) is 1.73. The zero-order valence-corrected chi connectivity index (χ0v) is 14.7. The summed E-state index contributed by atoms with van der Waals surface area (Å²) in [5, 5.41) is 0. The molecule has 0 saturated heterocycles. The van der Waals surface area contributed by atoms with Crippen LogP contribution < -0.4 is 5.43 Å². The SMILES string of the molecule is Cn1cc(-c2cccc(Br)c2)c(=O)c(-c2cccc(C(F)(F)F)c2)c1. The third kappa shape index (κ3) is 3.69. The maximum absolute atomic E-state index is 13.0. The molecule has 0 N–H and O–H groups in total. The van der Waals surface area contributed by atoms with Crippen molar-refractivity contribution < 1.29 is 13.2 Å². The summed E-state index contributed by atoms with van der Waals surface area (Å²) < 4.78 is 41.4. The van der Waals surface area contributed by atoms with E-state index in [0.29, 0.717) is 11.1 Å². The molecule has 0 spiro atoms. The highest BCUT2D eigenvalue weighted by Crippen LogP contribution is 2.32. The number of rotatable bonds is 2. The average Bonchev–Trinajstić information content (AvgIpc) is 2.56. The Balaban J connectivity index is 2.21. The maximum Gasteiger partial charge on any atom is 0.416 e. The van der Waals surface area contributed by atoms with Gasteiger partial charge in [0.15, 0.2) is 5.43 Å². The van der Waals surface area contributed by atoms with Gasteiger partial charge in [0.1, 0.15) is 0 Å². The molecular formula is C19H13BrF3NO. The van der Waals surface area contributed by atoms with Crippen molar-refractivity contribution in [2.45, 2.75) is 6.18 Å². The lowest BCUT2D eigenvalue weighted by atomic mass is 9.99. The fourth-order valence-electron chi connectivity index (χ4n) is 2.64. The van der Waals surface area contributed by atoms with Gasteiger partial charge in [-0.3, -0.25) is 4.79 Å². The van der Waals surface area contributed by atoms with Crippen molar-refractivity contribution in [3.05, 3.63) is 81.2 Å². The number of pyridine rings is 1. The Labute approximate surface area is 150 Å². The Kier molecular flexibility index (Phi) is 4.56. The van der Waals surface area contributed by atoms with E-state index in [2.05, 4.69) is 15.9 Å². The lowest BCUT2D eigenvalue weighted by molar-refractivity contribution is -0.137. The van der Waals surface area contributed by atoms with Gasteiger partial charge in [0.2, 0.25) is 0 Å². The molecule has 0 aliphatic rings. The molecule has 0 unspecified atom stereocenters. The molecule has 6 heteroatoms. The van der Waals surface area contributed by atoms with Crippen molar-refractivity contribution >= 4 is 15.9 Å². The fraction of sp³-hybridized carbons (Fsp3) is 0.105. The van der Waals surface area contributed by atoms with Crippen LogP contribution in [0.15, 0.2) is 70.2 Å². The molecule has 1 aromatic heterocycles. The smallest absolute Gasteiger partial charge is 0.356 e. The number of hydrogen-bond acceptors (Lipinski definition) is 1. The van der Waals surface area contributed by atoms with Crippen LogP contribution >= 0.6 is 15.9 Å². The standard InChI is InChI=1S/C19H13BrF3NO/c1-24-10-16(12-4-2-6-14(8-12)19(21,22)23)18(25)17(11-24)13-5-3-7-15(20)9-13/h2-11H,1H3. The first-order valence-corrected chi connectivity index (χ1v) is 8.19. The first kappa shape index (κ1) is 17.5. The first-order valence-electron chi connectivity index (χ1n) is 7.39. The molecule has 0 bridgehead atoms. The molecule has 0 radical (unpaired) electrons. The second-order valence-electron chi connectivity index (χ2n) is 5.67. The fourth-order valence-corrected chi connectivity index (χ4v) is 3.04. The number of benzene rings is 2. The molecular weight excluding hydrogens is 395 g/mol. The maximum atomic E-state index is 13.0. The molecule has 3 rings (SSSR count). The predicted molar refractivity (Wildman–Crippen MR) is 95.3 cm³/mol. The zero-order chi connectivity index (χ0) is 18.2. The quantitative estimate of drug-likeness (QED) is 0.549. The van der Waals surface area contributed by atoms with Crippen LogP contribution in [0.4, 0.5) is 13.2 Å². The van der Waals surface area contributed by atoms with E-state index in [1.165, 1.54) is 12.1 Å². The van der Waals surface area contributed by atoms with Crippen molar-refractivity contribution in [3.8, 4) is 22.3 Å². The van der Waals surface area contributed by atoms with Crippen LogP contribution in [-0.2, 0) is 13.2 Å². The van der Waals surface area contributed by atoms with Crippen LogP contribution in [0.25, 0.3) is 22.3 Å². The van der Waals surface area contributed by atoms with Crippen LogP contribution in [0.1, 0.15) is 5.56 Å². The van der Waals surface area contributed by atoms with E-state index >= 15 is 0 Å². The van der Waals surface area contributed by atoms with E-state index in [4.69, 9.17) is 0 Å². The van der Waals surface area contributed by atoms with E-state index < -0.39 is 11.7 Å². The van der Waals surface area contributed by atoms with Crippen LogP contribution in [-0.4, -0.2) is 4.57 Å². The zero-order valence-electron chi connectivity index (χ0n) is 13.1. The minimum atomic E-state index is -4.46. The topological polar surface area (TPSA) is 22.0 Å². The molecule has 128 valence electrons. The monoisotopic (exact) mass is 407 g/mol. The molecule has 0 atom stereocenters. The molecule has 0 fully saturated rings. The summed E-state index contributed by atoms with van der Waals surface area (Å²) in [4.78, 5) is 12.9. The summed E-state index contributed by atoms with van der Waals surface area (Å²) in [6.07, 6.45) is -1.25. The summed E-state index contributed by atoms with van der Waals surface area (Å²) in [6.45, 7) is 0. The predicted octanol–water partition coefficient (Wildman–Crippen LogP) is 5.50. The van der Waals surface area contributed by atoms with Gasteiger partial charge < -0.3 is 4.57 Å². The molecule has 0 saturated carbocycles. The Morgan fingerprint density at radius 3 is 2.04 bits per heavy atom. The van der Waals surface area contributed by atoms with Crippen LogP contribution in [0.2, 0.25) is 0 Å². The molecule has 2 nitrogen and oxygen atoms in total. The van der Waals surface area contributed by atoms with Gasteiger partial charge in [-0.1, -0.05) is 40.2 Å². The average molecular weight is 408 g/mol. The minimum absolute atomic E-state index is 0.228. The van der Waals surface area contributed by atoms with Crippen molar-refractivity contribution in [1.29, 1.82) is 0 Å². The van der Waals surface area contributed by atoms with E-state index in [-0.39, 0.29) is 16.6 Å². The van der Waals surface area contributed by atoms with Crippen LogP contribution in [0.5, 0.6) is 0 Å². The number of hydrogen-bond donors (Lipinski definition) is 0. The number of aryl methyl sites for hydroxylation is 1. The van der Waals surface area contributed by atoms with Gasteiger partial charge in [0, 0.05) is 35.0 Å². The summed E-state index contributed by atoms with van der Waals surface area (Å²) >= 11 is 3.36. The van der Waals surface area contributed by atoms with Gasteiger partial charge >= 0.3 is 6.18 Å². The van der Waals surface area contributed by atoms with E-state index in [0.717, 1.165) is 16.6 Å². The van der Waals surface area contributed by atoms with Crippen molar-refractivity contribution in [3.63, 3.8) is 0 Å². The molecule has 2 aromatic carbocycles. The second-order valence-corrected chi connectivity index (χ2v) is 6.58. The third-order valence-electron chi connectivity index (χ3n) is 3.79. The molecule has 0 amide bonds. The Morgan fingerprint density at radius 2 is 1.48 bits per heavy atom. The lowest BCUT2D eigenvalue weighted by Gasteiger charge is -2.11. The Morgan fingerprint density at radius 1 is 0.920 bits per heavy atom. The number of aromatic nitrogens is 1. The molecule has 0 aliphatic heterocycles. The highest BCUT2D eigenvalue weighted by Gasteiger charge is 2.30. The third-order valence-corrected chi connectivity index (χ3v) is 4.28. The summed E-state index contributed by atoms with van der Waals surface area (Å²) in [6, 6.07) is 12.0. The molecule has 0 aliphatic carbocycles. The van der Waals surface area contributed by atoms with E-state index in [1.807, 2.05) is 6.07 Å². The van der Waals surface area contributed by atoms with Gasteiger partial charge in [0.25, 0.3) is 0 Å². The first-order chi connectivity index (χ1) is 11.8. The highest BCUT2D eigenvalue weighted by atomic mass is 79.9. The van der Waals surface area contributed by atoms with E-state index in [9.17, 15) is 18.0 Å². The Hall–Kier alpha value is -2.34. The van der Waals surface area contributed by atoms with Crippen molar-refractivity contribution in [2.24, 2.45) is 7.05 Å². The highest BCUT2D eigenvalue weighted by molar-refractivity contribution is 9.10. The molecule has 25 heavy (non-hydrogen) atoms. The van der Waals surface area contributed by atoms with Crippen LogP contribution in [0, 0.1) is 0 Å². The van der Waals surface area contributed by atoms with Gasteiger partial charge in [-0.05, 0) is 35.4 Å². The Bertz CT molecular complexity index is 992. The summed E-state index contributed by atoms with van der Waals surface area (Å²) in [5.41, 5.74) is 0.510. The number of nitrogens with zero attached hydrogens (tertiary/aromatic N) is 1. The van der Waals surface area contributed by atoms with Gasteiger partial charge in [-0.15, -0.1) is 0 Å². The van der Waals surface area contributed by atoms with Gasteiger partial charge in [0.05, 0.1) is 5.56 Å². The van der Waals surface area contributed by atoms with Gasteiger partial charge in [-0.2, -0.15) is 13.2 Å².